The second-order valence-corrected chi connectivity index (χ2v) is 15.5. The summed E-state index contributed by atoms with van der Waals surface area (Å²) < 4.78 is 21.4. The molecule has 0 atom stereocenters. The molecule has 64 heavy (non-hydrogen) atoms. The van der Waals surface area contributed by atoms with Crippen molar-refractivity contribution >= 4 is 43.6 Å². The molecule has 4 aromatic heterocycles. The summed E-state index contributed by atoms with van der Waals surface area (Å²) in [6.07, 6.45) is 10.7. The highest BCUT2D eigenvalue weighted by atomic mass is 16.5. The number of benzene rings is 8. The average Bonchev–Trinajstić information content (AvgIpc) is 3.94. The summed E-state index contributed by atoms with van der Waals surface area (Å²) >= 11 is 0. The average molecular weight is 825 g/mol. The summed E-state index contributed by atoms with van der Waals surface area (Å²) in [4.78, 5) is 9.32. The third-order valence-electron chi connectivity index (χ3n) is 11.5. The molecule has 0 saturated heterocycles. The van der Waals surface area contributed by atoms with Crippen molar-refractivity contribution in [3.05, 3.63) is 231 Å². The predicted molar refractivity (Wildman–Crippen MR) is 250 cm³/mol. The van der Waals surface area contributed by atoms with Gasteiger partial charge in [0.15, 0.2) is 0 Å². The van der Waals surface area contributed by atoms with Crippen LogP contribution in [0.3, 0.4) is 0 Å². The molecular weight excluding hydrogens is 789 g/mol. The van der Waals surface area contributed by atoms with Crippen molar-refractivity contribution in [1.29, 1.82) is 0 Å². The Balaban J connectivity index is 0.812. The topological polar surface area (TPSA) is 61.9 Å². The Morgan fingerprint density at radius 2 is 0.781 bits per heavy atom. The normalized spacial score (nSPS) is 11.4. The van der Waals surface area contributed by atoms with Crippen LogP contribution in [-0.2, 0) is 0 Å². The fourth-order valence-corrected chi connectivity index (χ4v) is 8.54. The Morgan fingerprint density at radius 1 is 0.375 bits per heavy atom. The number of fused-ring (bicyclic) bond motifs is 4. The zero-order chi connectivity index (χ0) is 42.4. The molecule has 0 N–H and O–H groups in total. The van der Waals surface area contributed by atoms with Gasteiger partial charge in [0.1, 0.15) is 23.0 Å². The first-order chi connectivity index (χ1) is 31.7. The predicted octanol–water partition coefficient (Wildman–Crippen LogP) is 12.1. The number of aromatic nitrogens is 6. The molecule has 302 valence electrons. The molecular formula is C56H36N6O2. The van der Waals surface area contributed by atoms with Gasteiger partial charge in [0.2, 0.25) is 0 Å². The van der Waals surface area contributed by atoms with E-state index in [4.69, 9.17) is 9.47 Å². The van der Waals surface area contributed by atoms with Crippen LogP contribution in [0, 0.1) is 12.7 Å². The van der Waals surface area contributed by atoms with Crippen LogP contribution in [-0.4, -0.2) is 19.1 Å². The van der Waals surface area contributed by atoms with Crippen molar-refractivity contribution < 1.29 is 18.6 Å². The maximum absolute atomic E-state index is 6.49. The number of hydrogen-bond acceptors (Lipinski definition) is 4. The van der Waals surface area contributed by atoms with E-state index in [1.165, 1.54) is 10.8 Å². The zero-order valence-corrected chi connectivity index (χ0v) is 34.3. The lowest BCUT2D eigenvalue weighted by Gasteiger charge is -2.11. The minimum atomic E-state index is 0.631. The van der Waals surface area contributed by atoms with Crippen LogP contribution in [0.4, 0.5) is 0 Å². The van der Waals surface area contributed by atoms with Gasteiger partial charge in [-0.25, -0.2) is 0 Å². The number of para-hydroxylation sites is 4. The van der Waals surface area contributed by atoms with E-state index in [1.54, 1.807) is 12.4 Å². The highest BCUT2D eigenvalue weighted by Crippen LogP contribution is 2.32. The lowest BCUT2D eigenvalue weighted by atomic mass is 10.1. The molecule has 8 nitrogen and oxygen atoms in total. The summed E-state index contributed by atoms with van der Waals surface area (Å²) in [5.74, 6) is 2.62. The molecule has 0 amide bonds. The largest absolute Gasteiger partial charge is 0.458 e. The minimum Gasteiger partial charge on any atom is -0.458 e. The van der Waals surface area contributed by atoms with Gasteiger partial charge in [0.25, 0.3) is 12.7 Å². The van der Waals surface area contributed by atoms with Crippen LogP contribution in [0.1, 0.15) is 0 Å². The van der Waals surface area contributed by atoms with Crippen molar-refractivity contribution in [3.63, 3.8) is 0 Å². The van der Waals surface area contributed by atoms with E-state index in [9.17, 15) is 0 Å². The minimum absolute atomic E-state index is 0.631. The molecule has 0 fully saturated rings. The Hall–Kier alpha value is -8.88. The second-order valence-electron chi connectivity index (χ2n) is 15.5. The van der Waals surface area contributed by atoms with Gasteiger partial charge < -0.3 is 9.47 Å². The molecule has 8 heteroatoms. The van der Waals surface area contributed by atoms with Gasteiger partial charge in [0, 0.05) is 24.5 Å². The van der Waals surface area contributed by atoms with E-state index < -0.39 is 0 Å². The van der Waals surface area contributed by atoms with Crippen LogP contribution in [0.2, 0.25) is 0 Å². The van der Waals surface area contributed by atoms with Crippen LogP contribution >= 0.6 is 0 Å². The first-order valence-corrected chi connectivity index (χ1v) is 21.1. The summed E-state index contributed by atoms with van der Waals surface area (Å²) in [7, 11) is 0. The van der Waals surface area contributed by atoms with E-state index in [0.29, 0.717) is 34.4 Å². The maximum atomic E-state index is 6.49. The number of rotatable bonds is 9. The van der Waals surface area contributed by atoms with Gasteiger partial charge >= 0.3 is 0 Å². The standard InChI is InChI=1S/C56H36N6O2/c1-3-21-47-39(13-1)15-9-27-51(47)61-37-59(53-23-5-7-25-55(53)61)41-17-11-19-43(33-41)63-45-29-31-57-49(35-45)50-36-46(30-32-58-50)64-44-20-12-18-42(34-44)60-38-62(56-26-8-6-24-54(56)60)52-28-10-16-40-14-2-4-22-48(40)52/h1-36H. The van der Waals surface area contributed by atoms with Crippen LogP contribution in [0.15, 0.2) is 219 Å². The molecule has 8 aromatic carbocycles. The summed E-state index contributed by atoms with van der Waals surface area (Å²) in [6.45, 7) is 0. The van der Waals surface area contributed by atoms with Crippen molar-refractivity contribution in [3.8, 4) is 57.1 Å². The number of hydrogen-bond donors (Lipinski definition) is 0. The van der Waals surface area contributed by atoms with E-state index in [0.717, 1.165) is 55.6 Å². The molecule has 0 unspecified atom stereocenters. The molecule has 0 radical (unpaired) electrons. The molecule has 0 aliphatic heterocycles. The lowest BCUT2D eigenvalue weighted by Crippen LogP contribution is -2.29. The van der Waals surface area contributed by atoms with Gasteiger partial charge in [-0.1, -0.05) is 133 Å². The molecule has 0 aliphatic carbocycles. The van der Waals surface area contributed by atoms with Gasteiger partial charge in [-0.3, -0.25) is 28.2 Å². The van der Waals surface area contributed by atoms with Gasteiger partial charge in [-0.15, -0.1) is 0 Å². The van der Waals surface area contributed by atoms with Crippen LogP contribution in [0.5, 0.6) is 23.0 Å². The number of ether oxygens (including phenoxy) is 2. The smallest absolute Gasteiger partial charge is 0.269 e. The third kappa shape index (κ3) is 6.67. The van der Waals surface area contributed by atoms with Gasteiger partial charge in [0.05, 0.1) is 56.2 Å². The summed E-state index contributed by atoms with van der Waals surface area (Å²) in [5, 5.41) is 4.67. The van der Waals surface area contributed by atoms with Crippen molar-refractivity contribution in [1.82, 2.24) is 19.1 Å². The molecule has 0 aliphatic rings. The fourth-order valence-electron chi connectivity index (χ4n) is 8.54. The highest BCUT2D eigenvalue weighted by Gasteiger charge is 2.17. The molecule has 0 saturated carbocycles. The van der Waals surface area contributed by atoms with E-state index in [1.807, 2.05) is 60.7 Å². The number of pyridine rings is 2. The van der Waals surface area contributed by atoms with Crippen LogP contribution in [0.25, 0.3) is 77.7 Å². The first-order valence-electron chi connectivity index (χ1n) is 21.1. The van der Waals surface area contributed by atoms with Crippen molar-refractivity contribution in [2.24, 2.45) is 0 Å². The summed E-state index contributed by atoms with van der Waals surface area (Å²) in [6, 6.07) is 69.8. The fraction of sp³-hybridized carbons (Fsp3) is 0. The van der Waals surface area contributed by atoms with E-state index in [-0.39, 0.29) is 0 Å². The molecule has 0 spiro atoms. The van der Waals surface area contributed by atoms with Crippen LogP contribution < -0.4 is 18.6 Å². The number of imidazole rings is 2. The monoisotopic (exact) mass is 824 g/mol. The molecule has 4 heterocycles. The number of nitrogens with zero attached hydrogens (tertiary/aromatic N) is 6. The Kier molecular flexibility index (Phi) is 8.97. The van der Waals surface area contributed by atoms with Gasteiger partial charge in [-0.2, -0.15) is 0 Å². The molecule has 12 rings (SSSR count). The summed E-state index contributed by atoms with van der Waals surface area (Å²) in [5.41, 5.74) is 9.44. The Morgan fingerprint density at radius 3 is 1.28 bits per heavy atom. The zero-order valence-electron chi connectivity index (χ0n) is 34.3. The van der Waals surface area contributed by atoms with Crippen molar-refractivity contribution in [2.45, 2.75) is 0 Å². The first kappa shape index (κ1) is 36.9. The highest BCUT2D eigenvalue weighted by molar-refractivity contribution is 5.93. The van der Waals surface area contributed by atoms with Crippen molar-refractivity contribution in [2.75, 3.05) is 0 Å². The quantitative estimate of drug-likeness (QED) is 0.107. The Bertz CT molecular complexity index is 3470. The maximum Gasteiger partial charge on any atom is 0.269 e. The SMILES string of the molecule is [c-]1n(-c2cccc3ccccc23)c2ccccc2[n+]1-c1cccc(Oc2ccnc(-c3cc(Oc4cccc(-[n+]5[c-]n(-c6cccc7ccccc67)c6ccccc65)c4)ccn3)c2)c1. The third-order valence-corrected chi connectivity index (χ3v) is 11.5. The molecule has 12 aromatic rings. The van der Waals surface area contributed by atoms with Gasteiger partial charge in [-0.05, 0) is 82.2 Å². The molecule has 0 bridgehead atoms. The lowest BCUT2D eigenvalue weighted by molar-refractivity contribution is -0.572. The van der Waals surface area contributed by atoms with E-state index >= 15 is 0 Å². The second kappa shape index (κ2) is 15.5. The Labute approximate surface area is 368 Å². The van der Waals surface area contributed by atoms with E-state index in [2.05, 4.69) is 186 Å².